The lowest BCUT2D eigenvalue weighted by molar-refractivity contribution is -0.121. The molecule has 6 nitrogen and oxygen atoms in total. The summed E-state index contributed by atoms with van der Waals surface area (Å²) in [5.41, 5.74) is 1.30. The van der Waals surface area contributed by atoms with Crippen LogP contribution in [0.15, 0.2) is 12.1 Å². The van der Waals surface area contributed by atoms with Gasteiger partial charge in [0, 0.05) is 24.2 Å². The number of carbonyl (C=O) groups is 2. The van der Waals surface area contributed by atoms with Crippen LogP contribution in [0.2, 0.25) is 0 Å². The van der Waals surface area contributed by atoms with Gasteiger partial charge in [-0.05, 0) is 25.5 Å². The van der Waals surface area contributed by atoms with Gasteiger partial charge < -0.3 is 19.7 Å². The van der Waals surface area contributed by atoms with Gasteiger partial charge in [0.25, 0.3) is 5.91 Å². The first kappa shape index (κ1) is 15.2. The zero-order valence-electron chi connectivity index (χ0n) is 12.6. The maximum absolute atomic E-state index is 12.6. The van der Waals surface area contributed by atoms with Crippen LogP contribution in [-0.4, -0.2) is 50.6 Å². The van der Waals surface area contributed by atoms with E-state index in [0.717, 1.165) is 12.0 Å². The van der Waals surface area contributed by atoms with E-state index in [0.29, 0.717) is 30.2 Å². The Bertz CT molecular complexity index is 532. The van der Waals surface area contributed by atoms with Crippen molar-refractivity contribution in [3.63, 3.8) is 0 Å². The first-order valence-corrected chi connectivity index (χ1v) is 6.85. The number of hydrogen-bond donors (Lipinski definition) is 1. The number of amides is 2. The van der Waals surface area contributed by atoms with Gasteiger partial charge in [-0.25, -0.2) is 0 Å². The number of nitrogens with one attached hydrogen (secondary N) is 1. The van der Waals surface area contributed by atoms with Crippen molar-refractivity contribution in [3.05, 3.63) is 23.3 Å². The third-order valence-electron chi connectivity index (χ3n) is 3.55. The van der Waals surface area contributed by atoms with E-state index in [1.165, 1.54) is 0 Å². The van der Waals surface area contributed by atoms with Crippen LogP contribution in [-0.2, 0) is 4.79 Å². The summed E-state index contributed by atoms with van der Waals surface area (Å²) < 4.78 is 10.6. The zero-order valence-corrected chi connectivity index (χ0v) is 12.6. The van der Waals surface area contributed by atoms with Gasteiger partial charge in [0.2, 0.25) is 5.91 Å². The fourth-order valence-corrected chi connectivity index (χ4v) is 2.37. The Kier molecular flexibility index (Phi) is 4.67. The van der Waals surface area contributed by atoms with Crippen LogP contribution in [0.4, 0.5) is 0 Å². The Labute approximate surface area is 124 Å². The standard InChI is InChI=1S/C15H20N2O4/c1-10-12(20-2)7-11(8-13(10)21-3)15(19)17-6-4-5-16-14(18)9-17/h7-8H,4-6,9H2,1-3H3,(H,16,18). The number of hydrogen-bond acceptors (Lipinski definition) is 4. The predicted octanol–water partition coefficient (Wildman–Crippen LogP) is 0.974. The summed E-state index contributed by atoms with van der Waals surface area (Å²) in [4.78, 5) is 25.7. The lowest BCUT2D eigenvalue weighted by Gasteiger charge is -2.20. The number of benzene rings is 1. The molecule has 2 rings (SSSR count). The summed E-state index contributed by atoms with van der Waals surface area (Å²) in [6.45, 7) is 3.10. The topological polar surface area (TPSA) is 67.9 Å². The van der Waals surface area contributed by atoms with E-state index in [1.54, 1.807) is 31.3 Å². The molecule has 1 aliphatic heterocycles. The Morgan fingerprint density at radius 2 is 1.86 bits per heavy atom. The summed E-state index contributed by atoms with van der Waals surface area (Å²) in [6, 6.07) is 3.37. The van der Waals surface area contributed by atoms with Crippen LogP contribution in [0.5, 0.6) is 11.5 Å². The minimum Gasteiger partial charge on any atom is -0.496 e. The van der Waals surface area contributed by atoms with Crippen LogP contribution in [0.25, 0.3) is 0 Å². The first-order valence-electron chi connectivity index (χ1n) is 6.85. The van der Waals surface area contributed by atoms with Crippen LogP contribution < -0.4 is 14.8 Å². The van der Waals surface area contributed by atoms with Gasteiger partial charge in [-0.3, -0.25) is 9.59 Å². The molecule has 6 heteroatoms. The molecule has 1 aromatic rings. The summed E-state index contributed by atoms with van der Waals surface area (Å²) in [5, 5.41) is 2.75. The second-order valence-electron chi connectivity index (χ2n) is 4.94. The average molecular weight is 292 g/mol. The molecule has 21 heavy (non-hydrogen) atoms. The molecule has 0 atom stereocenters. The fraction of sp³-hybridized carbons (Fsp3) is 0.467. The number of nitrogens with zero attached hydrogens (tertiary/aromatic N) is 1. The van der Waals surface area contributed by atoms with Gasteiger partial charge in [-0.2, -0.15) is 0 Å². The highest BCUT2D eigenvalue weighted by atomic mass is 16.5. The Morgan fingerprint density at radius 3 is 2.43 bits per heavy atom. The van der Waals surface area contributed by atoms with E-state index in [-0.39, 0.29) is 18.4 Å². The van der Waals surface area contributed by atoms with Gasteiger partial charge in [0.05, 0.1) is 20.8 Å². The molecule has 1 saturated heterocycles. The van der Waals surface area contributed by atoms with Crippen LogP contribution in [0.1, 0.15) is 22.3 Å². The molecule has 0 aromatic heterocycles. The fourth-order valence-electron chi connectivity index (χ4n) is 2.37. The largest absolute Gasteiger partial charge is 0.496 e. The van der Waals surface area contributed by atoms with Crippen molar-refractivity contribution in [1.29, 1.82) is 0 Å². The van der Waals surface area contributed by atoms with Crippen LogP contribution >= 0.6 is 0 Å². The third-order valence-corrected chi connectivity index (χ3v) is 3.55. The monoisotopic (exact) mass is 292 g/mol. The Morgan fingerprint density at radius 1 is 1.24 bits per heavy atom. The van der Waals surface area contributed by atoms with E-state index < -0.39 is 0 Å². The normalized spacial score (nSPS) is 15.2. The molecule has 1 aromatic carbocycles. The van der Waals surface area contributed by atoms with E-state index in [1.807, 2.05) is 6.92 Å². The molecule has 0 unspecified atom stereocenters. The van der Waals surface area contributed by atoms with Crippen LogP contribution in [0, 0.1) is 6.92 Å². The Balaban J connectivity index is 2.31. The molecule has 1 aliphatic rings. The van der Waals surface area contributed by atoms with Crippen molar-refractivity contribution >= 4 is 11.8 Å². The van der Waals surface area contributed by atoms with Gasteiger partial charge in [-0.1, -0.05) is 0 Å². The Hall–Kier alpha value is -2.24. The molecule has 114 valence electrons. The molecule has 0 spiro atoms. The number of carbonyl (C=O) groups excluding carboxylic acids is 2. The molecule has 0 bridgehead atoms. The molecule has 0 saturated carbocycles. The highest BCUT2D eigenvalue weighted by Gasteiger charge is 2.22. The van der Waals surface area contributed by atoms with Crippen molar-refractivity contribution in [2.24, 2.45) is 0 Å². The van der Waals surface area contributed by atoms with Crippen molar-refractivity contribution in [1.82, 2.24) is 10.2 Å². The predicted molar refractivity (Wildman–Crippen MR) is 77.8 cm³/mol. The van der Waals surface area contributed by atoms with E-state index in [9.17, 15) is 9.59 Å². The van der Waals surface area contributed by atoms with E-state index >= 15 is 0 Å². The molecule has 1 N–H and O–H groups in total. The highest BCUT2D eigenvalue weighted by molar-refractivity contribution is 5.97. The number of ether oxygens (including phenoxy) is 2. The lowest BCUT2D eigenvalue weighted by Crippen LogP contribution is -2.37. The molecular weight excluding hydrogens is 272 g/mol. The van der Waals surface area contributed by atoms with Crippen molar-refractivity contribution in [2.75, 3.05) is 33.9 Å². The number of rotatable bonds is 3. The summed E-state index contributed by atoms with van der Waals surface area (Å²) in [7, 11) is 3.10. The van der Waals surface area contributed by atoms with Crippen LogP contribution in [0.3, 0.4) is 0 Å². The van der Waals surface area contributed by atoms with Gasteiger partial charge in [0.15, 0.2) is 0 Å². The highest BCUT2D eigenvalue weighted by Crippen LogP contribution is 2.30. The number of methoxy groups -OCH3 is 2. The quantitative estimate of drug-likeness (QED) is 0.901. The van der Waals surface area contributed by atoms with Gasteiger partial charge >= 0.3 is 0 Å². The molecule has 1 fully saturated rings. The maximum Gasteiger partial charge on any atom is 0.254 e. The second kappa shape index (κ2) is 6.47. The van der Waals surface area contributed by atoms with E-state index in [4.69, 9.17) is 9.47 Å². The van der Waals surface area contributed by atoms with Gasteiger partial charge in [0.1, 0.15) is 11.5 Å². The smallest absolute Gasteiger partial charge is 0.254 e. The molecule has 2 amide bonds. The maximum atomic E-state index is 12.6. The van der Waals surface area contributed by atoms with E-state index in [2.05, 4.69) is 5.32 Å². The van der Waals surface area contributed by atoms with Gasteiger partial charge in [-0.15, -0.1) is 0 Å². The zero-order chi connectivity index (χ0) is 15.4. The summed E-state index contributed by atoms with van der Waals surface area (Å²) in [5.74, 6) is 0.865. The van der Waals surface area contributed by atoms with Crippen molar-refractivity contribution in [2.45, 2.75) is 13.3 Å². The summed E-state index contributed by atoms with van der Waals surface area (Å²) in [6.07, 6.45) is 0.748. The minimum atomic E-state index is -0.191. The van der Waals surface area contributed by atoms with Crippen molar-refractivity contribution < 1.29 is 19.1 Å². The molecule has 1 heterocycles. The minimum absolute atomic E-state index is 0.0807. The van der Waals surface area contributed by atoms with Crippen molar-refractivity contribution in [3.8, 4) is 11.5 Å². The first-order chi connectivity index (χ1) is 10.1. The third kappa shape index (κ3) is 3.26. The SMILES string of the molecule is COc1cc(C(=O)N2CCCNC(=O)C2)cc(OC)c1C. The lowest BCUT2D eigenvalue weighted by atomic mass is 10.1. The molecular formula is C15H20N2O4. The molecule has 0 aliphatic carbocycles. The second-order valence-corrected chi connectivity index (χ2v) is 4.94. The molecule has 0 radical (unpaired) electrons. The summed E-state index contributed by atoms with van der Waals surface area (Å²) >= 11 is 0. The average Bonchev–Trinajstić information content (AvgIpc) is 2.71.